The number of guanidine groups is 1. The number of likely N-dealkylation sites (N-methyl/N-ethyl adjacent to an activating group) is 1. The van der Waals surface area contributed by atoms with E-state index in [1.165, 1.54) is 45.7 Å². The van der Waals surface area contributed by atoms with Crippen molar-refractivity contribution in [2.24, 2.45) is 4.99 Å². The third kappa shape index (κ3) is 8.78. The fourth-order valence-corrected chi connectivity index (χ4v) is 3.59. The highest BCUT2D eigenvalue weighted by Gasteiger charge is 2.14. The maximum atomic E-state index is 5.60. The predicted molar refractivity (Wildman–Crippen MR) is 138 cm³/mol. The monoisotopic (exact) mass is 540 g/mol. The summed E-state index contributed by atoms with van der Waals surface area (Å²) in [5, 5.41) is 6.74. The minimum Gasteiger partial charge on any atom is -0.444 e. The highest BCUT2D eigenvalue weighted by molar-refractivity contribution is 14.0. The molecular weight excluding hydrogens is 503 g/mol. The number of aliphatic imine (C=N–C) groups is 1. The van der Waals surface area contributed by atoms with E-state index in [4.69, 9.17) is 4.42 Å². The summed E-state index contributed by atoms with van der Waals surface area (Å²) in [6.45, 7) is 13.8. The topological polar surface area (TPSA) is 68.9 Å². The van der Waals surface area contributed by atoms with Crippen LogP contribution in [0.2, 0.25) is 0 Å². The molecule has 2 aromatic rings. The van der Waals surface area contributed by atoms with Gasteiger partial charge in [-0.2, -0.15) is 0 Å². The number of aromatic nitrogens is 1. The van der Waals surface area contributed by atoms with Gasteiger partial charge in [-0.3, -0.25) is 0 Å². The molecule has 31 heavy (non-hydrogen) atoms. The van der Waals surface area contributed by atoms with Crippen LogP contribution in [0.25, 0.3) is 11.5 Å². The van der Waals surface area contributed by atoms with Crippen molar-refractivity contribution in [2.75, 3.05) is 52.4 Å². The molecule has 1 aromatic heterocycles. The lowest BCUT2D eigenvalue weighted by Crippen LogP contribution is -2.46. The molecule has 1 saturated heterocycles. The van der Waals surface area contributed by atoms with Gasteiger partial charge in [0.1, 0.15) is 12.0 Å². The van der Waals surface area contributed by atoms with Crippen LogP contribution in [0.15, 0.2) is 46.0 Å². The molecule has 0 aliphatic carbocycles. The molecule has 172 valence electrons. The molecule has 8 heteroatoms. The molecule has 0 unspecified atom stereocenters. The molecule has 0 amide bonds. The van der Waals surface area contributed by atoms with Crippen LogP contribution in [0.5, 0.6) is 0 Å². The van der Waals surface area contributed by atoms with Gasteiger partial charge in [0.2, 0.25) is 5.89 Å². The molecule has 7 nitrogen and oxygen atoms in total. The van der Waals surface area contributed by atoms with Crippen molar-refractivity contribution < 1.29 is 4.42 Å². The van der Waals surface area contributed by atoms with E-state index in [2.05, 4.69) is 44.3 Å². The van der Waals surface area contributed by atoms with E-state index >= 15 is 0 Å². The van der Waals surface area contributed by atoms with Gasteiger partial charge in [0, 0.05) is 44.8 Å². The van der Waals surface area contributed by atoms with Gasteiger partial charge in [0.15, 0.2) is 5.96 Å². The maximum Gasteiger partial charge on any atom is 0.226 e. The first-order valence-electron chi connectivity index (χ1n) is 11.2. The lowest BCUT2D eigenvalue weighted by molar-refractivity contribution is 0.136. The van der Waals surface area contributed by atoms with Gasteiger partial charge in [-0.05, 0) is 45.0 Å². The number of unbranched alkanes of at least 4 members (excludes halogenated alkanes) is 1. The molecule has 0 atom stereocenters. The number of benzene rings is 1. The van der Waals surface area contributed by atoms with E-state index in [-0.39, 0.29) is 24.0 Å². The zero-order chi connectivity index (χ0) is 21.0. The molecule has 2 N–H and O–H groups in total. The Morgan fingerprint density at radius 3 is 2.48 bits per heavy atom. The summed E-state index contributed by atoms with van der Waals surface area (Å²) in [5.41, 5.74) is 1.81. The Morgan fingerprint density at radius 1 is 1.03 bits per heavy atom. The number of oxazole rings is 1. The van der Waals surface area contributed by atoms with Crippen LogP contribution in [-0.2, 0) is 6.54 Å². The van der Waals surface area contributed by atoms with E-state index < -0.39 is 0 Å². The van der Waals surface area contributed by atoms with Crippen molar-refractivity contribution in [3.8, 4) is 11.5 Å². The molecule has 0 radical (unpaired) electrons. The summed E-state index contributed by atoms with van der Waals surface area (Å²) >= 11 is 0. The minimum absolute atomic E-state index is 0. The van der Waals surface area contributed by atoms with E-state index in [9.17, 15) is 0 Å². The third-order valence-corrected chi connectivity index (χ3v) is 5.42. The van der Waals surface area contributed by atoms with Crippen molar-refractivity contribution in [1.82, 2.24) is 25.4 Å². The molecule has 1 fully saturated rings. The molecule has 3 rings (SSSR count). The maximum absolute atomic E-state index is 5.60. The Hall–Kier alpha value is -1.65. The van der Waals surface area contributed by atoms with Crippen LogP contribution in [0.4, 0.5) is 0 Å². The number of halogens is 1. The SMILES string of the molecule is CCNC(=NCc1coc(-c2ccccc2)n1)NCCCCN1CCN(CC)CC1.I. The van der Waals surface area contributed by atoms with Gasteiger partial charge >= 0.3 is 0 Å². The van der Waals surface area contributed by atoms with Crippen molar-refractivity contribution in [1.29, 1.82) is 0 Å². The van der Waals surface area contributed by atoms with E-state index in [0.717, 1.165) is 36.7 Å². The van der Waals surface area contributed by atoms with Crippen LogP contribution in [0.3, 0.4) is 0 Å². The smallest absolute Gasteiger partial charge is 0.226 e. The summed E-state index contributed by atoms with van der Waals surface area (Å²) in [5.74, 6) is 1.47. The quantitative estimate of drug-likeness (QED) is 0.208. The first kappa shape index (κ1) is 25.6. The highest BCUT2D eigenvalue weighted by atomic mass is 127. The molecule has 1 aromatic carbocycles. The molecule has 0 bridgehead atoms. The summed E-state index contributed by atoms with van der Waals surface area (Å²) in [7, 11) is 0. The number of hydrogen-bond donors (Lipinski definition) is 2. The summed E-state index contributed by atoms with van der Waals surface area (Å²) < 4.78 is 5.60. The van der Waals surface area contributed by atoms with Gasteiger partial charge in [0.25, 0.3) is 0 Å². The fourth-order valence-electron chi connectivity index (χ4n) is 3.59. The number of hydrogen-bond acceptors (Lipinski definition) is 5. The molecule has 2 heterocycles. The van der Waals surface area contributed by atoms with Crippen LogP contribution in [0, 0.1) is 0 Å². The zero-order valence-corrected chi connectivity index (χ0v) is 21.2. The van der Waals surface area contributed by atoms with Crippen molar-refractivity contribution in [3.63, 3.8) is 0 Å². The Balaban J connectivity index is 0.00000341. The van der Waals surface area contributed by atoms with Crippen LogP contribution in [0.1, 0.15) is 32.4 Å². The summed E-state index contributed by atoms with van der Waals surface area (Å²) in [6.07, 6.45) is 4.04. The second-order valence-electron chi connectivity index (χ2n) is 7.61. The Morgan fingerprint density at radius 2 is 1.77 bits per heavy atom. The Kier molecular flexibility index (Phi) is 11.9. The van der Waals surface area contributed by atoms with E-state index in [1.54, 1.807) is 6.26 Å². The average molecular weight is 540 g/mol. The lowest BCUT2D eigenvalue weighted by Gasteiger charge is -2.34. The zero-order valence-electron chi connectivity index (χ0n) is 18.8. The third-order valence-electron chi connectivity index (χ3n) is 5.42. The van der Waals surface area contributed by atoms with Crippen LogP contribution in [-0.4, -0.2) is 73.1 Å². The largest absolute Gasteiger partial charge is 0.444 e. The lowest BCUT2D eigenvalue weighted by atomic mass is 10.2. The van der Waals surface area contributed by atoms with Crippen LogP contribution >= 0.6 is 24.0 Å². The van der Waals surface area contributed by atoms with Gasteiger partial charge in [0.05, 0.1) is 6.54 Å². The van der Waals surface area contributed by atoms with Gasteiger partial charge < -0.3 is 24.9 Å². The Bertz CT molecular complexity index is 758. The van der Waals surface area contributed by atoms with E-state index in [1.807, 2.05) is 30.3 Å². The normalized spacial score (nSPS) is 15.5. The standard InChI is InChI=1S/C23H36N6O.HI/c1-3-24-23(25-12-8-9-13-29-16-14-28(4-2)15-17-29)26-18-21-19-30-22(27-21)20-10-6-5-7-11-20;/h5-7,10-11,19H,3-4,8-9,12-18H2,1-2H3,(H2,24,25,26);1H. The molecular formula is C23H37IN6O. The summed E-state index contributed by atoms with van der Waals surface area (Å²) in [6, 6.07) is 9.94. The van der Waals surface area contributed by atoms with Crippen molar-refractivity contribution in [3.05, 3.63) is 42.3 Å². The fraction of sp³-hybridized carbons (Fsp3) is 0.565. The number of nitrogens with one attached hydrogen (secondary N) is 2. The number of rotatable bonds is 10. The predicted octanol–water partition coefficient (Wildman–Crippen LogP) is 3.43. The minimum atomic E-state index is 0. The molecule has 1 aliphatic rings. The second kappa shape index (κ2) is 14.4. The first-order valence-corrected chi connectivity index (χ1v) is 11.2. The molecule has 0 saturated carbocycles. The highest BCUT2D eigenvalue weighted by Crippen LogP contribution is 2.18. The number of piperazine rings is 1. The molecule has 0 spiro atoms. The van der Waals surface area contributed by atoms with E-state index in [0.29, 0.717) is 12.4 Å². The average Bonchev–Trinajstić information content (AvgIpc) is 3.27. The van der Waals surface area contributed by atoms with Crippen molar-refractivity contribution in [2.45, 2.75) is 33.2 Å². The molecule has 1 aliphatic heterocycles. The van der Waals surface area contributed by atoms with Gasteiger partial charge in [-0.25, -0.2) is 9.98 Å². The second-order valence-corrected chi connectivity index (χ2v) is 7.61. The van der Waals surface area contributed by atoms with Gasteiger partial charge in [-0.1, -0.05) is 25.1 Å². The Labute approximate surface area is 203 Å². The van der Waals surface area contributed by atoms with Gasteiger partial charge in [-0.15, -0.1) is 24.0 Å². The number of nitrogens with zero attached hydrogens (tertiary/aromatic N) is 4. The van der Waals surface area contributed by atoms with Crippen LogP contribution < -0.4 is 10.6 Å². The summed E-state index contributed by atoms with van der Waals surface area (Å²) in [4.78, 5) is 14.3. The first-order chi connectivity index (χ1) is 14.8. The van der Waals surface area contributed by atoms with Crippen molar-refractivity contribution >= 4 is 29.9 Å².